The van der Waals surface area contributed by atoms with Gasteiger partial charge in [0.2, 0.25) is 0 Å². The fourth-order valence-electron chi connectivity index (χ4n) is 2.54. The van der Waals surface area contributed by atoms with E-state index in [4.69, 9.17) is 0 Å². The number of benzene rings is 1. The van der Waals surface area contributed by atoms with Gasteiger partial charge in [0.05, 0.1) is 0 Å². The van der Waals surface area contributed by atoms with Crippen molar-refractivity contribution in [1.29, 1.82) is 0 Å². The van der Waals surface area contributed by atoms with Crippen molar-refractivity contribution in [3.63, 3.8) is 0 Å². The van der Waals surface area contributed by atoms with E-state index in [1.807, 2.05) is 13.8 Å². The van der Waals surface area contributed by atoms with Crippen LogP contribution in [0.3, 0.4) is 0 Å². The van der Waals surface area contributed by atoms with Crippen LogP contribution in [0.25, 0.3) is 0 Å². The summed E-state index contributed by atoms with van der Waals surface area (Å²) >= 11 is 2.08. The Morgan fingerprint density at radius 2 is 1.67 bits per heavy atom. The molecule has 1 aromatic carbocycles. The number of allylic oxidation sites excluding steroid dienone is 2. The lowest BCUT2D eigenvalue weighted by Crippen LogP contribution is -2.07. The van der Waals surface area contributed by atoms with E-state index in [2.05, 4.69) is 69.0 Å². The molecule has 0 bridgehead atoms. The predicted molar refractivity (Wildman–Crippen MR) is 98.3 cm³/mol. The van der Waals surface area contributed by atoms with Gasteiger partial charge in [-0.15, -0.1) is 11.8 Å². The molecule has 0 heterocycles. The second kappa shape index (κ2) is 10.1. The largest absolute Gasteiger partial charge is 0.123 e. The predicted octanol–water partition coefficient (Wildman–Crippen LogP) is 7.06. The Hall–Kier alpha value is -0.690. The summed E-state index contributed by atoms with van der Waals surface area (Å²) in [6, 6.07) is 9.19. The summed E-state index contributed by atoms with van der Waals surface area (Å²) in [6.07, 6.45) is 10.0. The molecule has 0 amide bonds. The van der Waals surface area contributed by atoms with Crippen LogP contribution in [0.15, 0.2) is 41.3 Å². The zero-order valence-corrected chi connectivity index (χ0v) is 15.2. The van der Waals surface area contributed by atoms with Gasteiger partial charge in [-0.1, -0.05) is 58.9 Å². The van der Waals surface area contributed by atoms with E-state index in [1.165, 1.54) is 36.1 Å². The van der Waals surface area contributed by atoms with E-state index in [-0.39, 0.29) is 0 Å². The molecular formula is C20H32S. The van der Waals surface area contributed by atoms with Crippen molar-refractivity contribution in [2.75, 3.05) is 0 Å². The summed E-state index contributed by atoms with van der Waals surface area (Å²) in [5.74, 6) is 1.39. The molecule has 2 unspecified atom stereocenters. The van der Waals surface area contributed by atoms with Crippen molar-refractivity contribution in [3.8, 4) is 0 Å². The second-order valence-electron chi connectivity index (χ2n) is 6.02. The number of hydrogen-bond donors (Lipinski definition) is 0. The van der Waals surface area contributed by atoms with Gasteiger partial charge in [-0.3, -0.25) is 0 Å². The Morgan fingerprint density at radius 1 is 1.00 bits per heavy atom. The Kier molecular flexibility index (Phi) is 8.84. The molecule has 2 rings (SSSR count). The molecule has 0 aromatic heterocycles. The van der Waals surface area contributed by atoms with Crippen LogP contribution >= 0.6 is 11.8 Å². The lowest BCUT2D eigenvalue weighted by molar-refractivity contribution is 0.561. The van der Waals surface area contributed by atoms with E-state index in [1.54, 1.807) is 0 Å². The summed E-state index contributed by atoms with van der Waals surface area (Å²) < 4.78 is 0. The maximum absolute atomic E-state index is 2.39. The van der Waals surface area contributed by atoms with Gasteiger partial charge in [-0.25, -0.2) is 0 Å². The van der Waals surface area contributed by atoms with Gasteiger partial charge in [0.1, 0.15) is 0 Å². The summed E-state index contributed by atoms with van der Waals surface area (Å²) in [5.41, 5.74) is 1.44. The Labute approximate surface area is 136 Å². The molecule has 0 N–H and O–H groups in total. The zero-order chi connectivity index (χ0) is 15.7. The van der Waals surface area contributed by atoms with Crippen LogP contribution in [0.2, 0.25) is 0 Å². The lowest BCUT2D eigenvalue weighted by atomic mass is 9.98. The van der Waals surface area contributed by atoms with Crippen molar-refractivity contribution in [2.24, 2.45) is 5.92 Å². The first-order valence-electron chi connectivity index (χ1n) is 8.58. The third kappa shape index (κ3) is 6.74. The molecule has 0 radical (unpaired) electrons. The minimum Gasteiger partial charge on any atom is -0.123 e. The van der Waals surface area contributed by atoms with Gasteiger partial charge in [0.25, 0.3) is 0 Å². The lowest BCUT2D eigenvalue weighted by Gasteiger charge is -2.20. The van der Waals surface area contributed by atoms with E-state index < -0.39 is 0 Å². The van der Waals surface area contributed by atoms with Crippen LogP contribution in [0.4, 0.5) is 0 Å². The second-order valence-corrected chi connectivity index (χ2v) is 7.40. The first-order chi connectivity index (χ1) is 10.1. The molecule has 118 valence electrons. The van der Waals surface area contributed by atoms with Gasteiger partial charge in [-0.05, 0) is 55.2 Å². The Balaban J connectivity index is 0.00000106. The molecule has 0 spiro atoms. The monoisotopic (exact) mass is 304 g/mol. The minimum atomic E-state index is 0.631. The fraction of sp³-hybridized carbons (Fsp3) is 0.600. The molecule has 2 atom stereocenters. The zero-order valence-electron chi connectivity index (χ0n) is 14.4. The standard InChI is InChI=1S/C18H26S.C2H6/c1-14(2)16-9-12-18(13-10-16)19-17-7-5-4-6-15(3)8-11-17;1-2/h4,6,9-10,12-15,17H,5,7-8,11H2,1-3H3;1-2H3. The molecule has 0 fully saturated rings. The maximum Gasteiger partial charge on any atom is 0.00975 e. The molecule has 1 heteroatoms. The van der Waals surface area contributed by atoms with Gasteiger partial charge < -0.3 is 0 Å². The summed E-state index contributed by atoms with van der Waals surface area (Å²) in [4.78, 5) is 1.44. The van der Waals surface area contributed by atoms with Gasteiger partial charge in [0.15, 0.2) is 0 Å². The molecule has 1 aliphatic carbocycles. The smallest absolute Gasteiger partial charge is 0.00975 e. The minimum absolute atomic E-state index is 0.631. The third-order valence-electron chi connectivity index (χ3n) is 3.91. The van der Waals surface area contributed by atoms with Crippen molar-refractivity contribution in [2.45, 2.75) is 76.4 Å². The average Bonchev–Trinajstić information content (AvgIpc) is 2.49. The first kappa shape index (κ1) is 18.4. The van der Waals surface area contributed by atoms with Gasteiger partial charge >= 0.3 is 0 Å². The molecule has 0 aliphatic heterocycles. The van der Waals surface area contributed by atoms with E-state index in [9.17, 15) is 0 Å². The van der Waals surface area contributed by atoms with Crippen LogP contribution in [-0.4, -0.2) is 5.25 Å². The topological polar surface area (TPSA) is 0 Å². The highest BCUT2D eigenvalue weighted by Crippen LogP contribution is 2.32. The van der Waals surface area contributed by atoms with Crippen LogP contribution in [0, 0.1) is 5.92 Å². The van der Waals surface area contributed by atoms with Crippen LogP contribution < -0.4 is 0 Å². The molecule has 0 saturated heterocycles. The number of thioether (sulfide) groups is 1. The average molecular weight is 305 g/mol. The third-order valence-corrected chi connectivity index (χ3v) is 5.26. The molecule has 0 nitrogen and oxygen atoms in total. The van der Waals surface area contributed by atoms with Crippen molar-refractivity contribution >= 4 is 11.8 Å². The first-order valence-corrected chi connectivity index (χ1v) is 9.46. The van der Waals surface area contributed by atoms with Crippen LogP contribution in [0.5, 0.6) is 0 Å². The fourth-order valence-corrected chi connectivity index (χ4v) is 3.73. The molecule has 1 aromatic rings. The summed E-state index contributed by atoms with van der Waals surface area (Å²) in [5, 5.41) is 0.789. The van der Waals surface area contributed by atoms with E-state index in [0.717, 1.165) is 11.2 Å². The van der Waals surface area contributed by atoms with E-state index >= 15 is 0 Å². The highest BCUT2D eigenvalue weighted by Gasteiger charge is 2.13. The van der Waals surface area contributed by atoms with Gasteiger partial charge in [-0.2, -0.15) is 0 Å². The number of hydrogen-bond acceptors (Lipinski definition) is 1. The van der Waals surface area contributed by atoms with Crippen molar-refractivity contribution in [3.05, 3.63) is 42.0 Å². The van der Waals surface area contributed by atoms with Crippen LogP contribution in [-0.2, 0) is 0 Å². The van der Waals surface area contributed by atoms with Crippen molar-refractivity contribution < 1.29 is 0 Å². The number of rotatable bonds is 3. The molecule has 21 heavy (non-hydrogen) atoms. The highest BCUT2D eigenvalue weighted by atomic mass is 32.2. The molecule has 0 saturated carbocycles. The SMILES string of the molecule is CC.CC1C=CCCC(Sc2ccc(C(C)C)cc2)CC1. The van der Waals surface area contributed by atoms with Gasteiger partial charge in [0, 0.05) is 10.1 Å². The summed E-state index contributed by atoms with van der Waals surface area (Å²) in [7, 11) is 0. The highest BCUT2D eigenvalue weighted by molar-refractivity contribution is 8.00. The van der Waals surface area contributed by atoms with E-state index in [0.29, 0.717) is 5.92 Å². The normalized spacial score (nSPS) is 22.2. The maximum atomic E-state index is 2.39. The molecule has 1 aliphatic rings. The van der Waals surface area contributed by atoms with Crippen LogP contribution in [0.1, 0.15) is 71.8 Å². The van der Waals surface area contributed by atoms with Crippen molar-refractivity contribution in [1.82, 2.24) is 0 Å². The quantitative estimate of drug-likeness (QED) is 0.538. The summed E-state index contributed by atoms with van der Waals surface area (Å²) in [6.45, 7) is 10.8. The Morgan fingerprint density at radius 3 is 2.29 bits per heavy atom. The Bertz CT molecular complexity index is 402. The molecular weight excluding hydrogens is 272 g/mol.